The van der Waals surface area contributed by atoms with Crippen molar-refractivity contribution in [3.8, 4) is 6.07 Å². The number of halogens is 2. The van der Waals surface area contributed by atoms with Gasteiger partial charge in [-0.1, -0.05) is 17.7 Å². The number of benzene rings is 1. The molecule has 3 aliphatic carbocycles. The highest BCUT2D eigenvalue weighted by molar-refractivity contribution is 6.36. The van der Waals surface area contributed by atoms with E-state index < -0.39 is 5.67 Å². The van der Waals surface area contributed by atoms with E-state index in [0.717, 1.165) is 5.39 Å². The van der Waals surface area contributed by atoms with Crippen molar-refractivity contribution in [3.63, 3.8) is 0 Å². The quantitative estimate of drug-likeness (QED) is 0.847. The van der Waals surface area contributed by atoms with Crippen LogP contribution in [0.2, 0.25) is 5.02 Å². The van der Waals surface area contributed by atoms with E-state index in [4.69, 9.17) is 16.9 Å². The van der Waals surface area contributed by atoms with E-state index in [1.165, 1.54) is 0 Å². The van der Waals surface area contributed by atoms with Gasteiger partial charge in [-0.25, -0.2) is 4.39 Å². The van der Waals surface area contributed by atoms with Crippen molar-refractivity contribution >= 4 is 28.4 Å². The molecule has 1 heterocycles. The fourth-order valence-corrected chi connectivity index (χ4v) is 4.58. The summed E-state index contributed by atoms with van der Waals surface area (Å²) in [4.78, 5) is 14.7. The van der Waals surface area contributed by atoms with Gasteiger partial charge in [0, 0.05) is 38.2 Å². The molecule has 0 atom stereocenters. The maximum absolute atomic E-state index is 13.8. The summed E-state index contributed by atoms with van der Waals surface area (Å²) < 4.78 is 15.6. The normalized spacial score (nSPS) is 27.3. The maximum atomic E-state index is 13.8. The topological polar surface area (TPSA) is 49.0 Å². The lowest BCUT2D eigenvalue weighted by molar-refractivity contribution is -0.207. The van der Waals surface area contributed by atoms with Crippen LogP contribution in [0.4, 0.5) is 4.39 Å². The molecule has 0 unspecified atom stereocenters. The SMILES string of the molecule is CCn1c(C(=O)N(C)C23CC(F)(C2)C3)cc2ccc(C#N)c(Cl)c21. The Morgan fingerprint density at radius 2 is 2.12 bits per heavy atom. The van der Waals surface area contributed by atoms with Crippen LogP contribution in [0.3, 0.4) is 0 Å². The fourth-order valence-electron chi connectivity index (χ4n) is 4.26. The Bertz CT molecular complexity index is 907. The van der Waals surface area contributed by atoms with Crippen LogP contribution in [0.1, 0.15) is 42.2 Å². The van der Waals surface area contributed by atoms with Crippen molar-refractivity contribution in [2.24, 2.45) is 0 Å². The Kier molecular flexibility index (Phi) is 3.05. The van der Waals surface area contributed by atoms with Crippen molar-refractivity contribution < 1.29 is 9.18 Å². The molecule has 24 heavy (non-hydrogen) atoms. The number of aromatic nitrogens is 1. The number of nitrogens with zero attached hydrogens (tertiary/aromatic N) is 3. The summed E-state index contributed by atoms with van der Waals surface area (Å²) in [5.41, 5.74) is 0.265. The van der Waals surface area contributed by atoms with Crippen molar-refractivity contribution in [3.05, 3.63) is 34.5 Å². The molecule has 1 aromatic carbocycles. The third-order valence-corrected chi connectivity index (χ3v) is 5.99. The Balaban J connectivity index is 1.78. The second kappa shape index (κ2) is 4.73. The molecule has 3 aliphatic rings. The molecule has 0 spiro atoms. The van der Waals surface area contributed by atoms with Crippen LogP contribution in [0.5, 0.6) is 0 Å². The standard InChI is InChI=1S/C18H17ClFN3O/c1-3-23-13(6-11-4-5-12(7-21)14(19)15(11)23)16(24)22(2)18-8-17(20,9-18)10-18/h4-6H,3,8-10H2,1-2H3. The first-order chi connectivity index (χ1) is 11.3. The summed E-state index contributed by atoms with van der Waals surface area (Å²) in [6, 6.07) is 7.35. The molecular formula is C18H17ClFN3O. The molecule has 0 saturated heterocycles. The van der Waals surface area contributed by atoms with Gasteiger partial charge in [0.2, 0.25) is 0 Å². The van der Waals surface area contributed by atoms with Gasteiger partial charge < -0.3 is 9.47 Å². The van der Waals surface area contributed by atoms with Gasteiger partial charge in [0.05, 0.1) is 21.6 Å². The summed E-state index contributed by atoms with van der Waals surface area (Å²) in [5, 5.41) is 10.4. The molecule has 0 radical (unpaired) electrons. The van der Waals surface area contributed by atoms with Crippen LogP contribution in [-0.2, 0) is 6.54 Å². The van der Waals surface area contributed by atoms with Crippen LogP contribution in [0, 0.1) is 11.3 Å². The van der Waals surface area contributed by atoms with Gasteiger partial charge in [-0.15, -0.1) is 0 Å². The number of hydrogen-bond donors (Lipinski definition) is 0. The van der Waals surface area contributed by atoms with E-state index in [1.54, 1.807) is 30.1 Å². The minimum atomic E-state index is -1.04. The van der Waals surface area contributed by atoms with Gasteiger partial charge in [-0.05, 0) is 19.1 Å². The maximum Gasteiger partial charge on any atom is 0.270 e. The second-order valence-electron chi connectivity index (χ2n) is 7.02. The fraction of sp³-hybridized carbons (Fsp3) is 0.444. The van der Waals surface area contributed by atoms with E-state index in [2.05, 4.69) is 6.07 Å². The Hall–Kier alpha value is -2.06. The van der Waals surface area contributed by atoms with Gasteiger partial charge >= 0.3 is 0 Å². The van der Waals surface area contributed by atoms with Crippen molar-refractivity contribution in [2.75, 3.05) is 7.05 Å². The number of hydrogen-bond acceptors (Lipinski definition) is 2. The molecule has 6 heteroatoms. The highest BCUT2D eigenvalue weighted by atomic mass is 35.5. The minimum Gasteiger partial charge on any atom is -0.336 e. The third kappa shape index (κ3) is 1.81. The molecule has 2 bridgehead atoms. The first-order valence-corrected chi connectivity index (χ1v) is 8.41. The summed E-state index contributed by atoms with van der Waals surface area (Å²) in [6.45, 7) is 2.50. The van der Waals surface area contributed by atoms with Crippen LogP contribution >= 0.6 is 11.6 Å². The molecule has 0 aliphatic heterocycles. The van der Waals surface area contributed by atoms with Gasteiger partial charge in [0.25, 0.3) is 5.91 Å². The number of aryl methyl sites for hydroxylation is 1. The molecule has 5 rings (SSSR count). The summed E-state index contributed by atoms with van der Waals surface area (Å²) in [5.74, 6) is -0.121. The molecule has 2 aromatic rings. The van der Waals surface area contributed by atoms with Crippen LogP contribution in [-0.4, -0.2) is 33.6 Å². The average molecular weight is 346 g/mol. The van der Waals surface area contributed by atoms with Gasteiger partial charge in [0.1, 0.15) is 17.4 Å². The summed E-state index contributed by atoms with van der Waals surface area (Å²) in [6.07, 6.45) is 1.32. The lowest BCUT2D eigenvalue weighted by Gasteiger charge is -2.68. The number of nitriles is 1. The first kappa shape index (κ1) is 15.5. The molecular weight excluding hydrogens is 329 g/mol. The van der Waals surface area contributed by atoms with Crippen molar-refractivity contribution in [1.82, 2.24) is 9.47 Å². The third-order valence-electron chi connectivity index (χ3n) is 5.61. The summed E-state index contributed by atoms with van der Waals surface area (Å²) >= 11 is 6.36. The zero-order chi connectivity index (χ0) is 17.3. The number of carbonyl (C=O) groups excluding carboxylic acids is 1. The van der Waals surface area contributed by atoms with Crippen molar-refractivity contribution in [1.29, 1.82) is 5.26 Å². The van der Waals surface area contributed by atoms with E-state index >= 15 is 0 Å². The number of amides is 1. The van der Waals surface area contributed by atoms with Crippen LogP contribution in [0.25, 0.3) is 10.9 Å². The van der Waals surface area contributed by atoms with E-state index in [0.29, 0.717) is 47.6 Å². The van der Waals surface area contributed by atoms with E-state index in [9.17, 15) is 9.18 Å². The monoisotopic (exact) mass is 345 g/mol. The zero-order valence-electron chi connectivity index (χ0n) is 13.6. The second-order valence-corrected chi connectivity index (χ2v) is 7.40. The number of rotatable bonds is 3. The van der Waals surface area contributed by atoms with Crippen LogP contribution < -0.4 is 0 Å². The predicted molar refractivity (Wildman–Crippen MR) is 89.9 cm³/mol. The Morgan fingerprint density at radius 1 is 1.46 bits per heavy atom. The molecule has 1 amide bonds. The molecule has 3 fully saturated rings. The molecule has 3 saturated carbocycles. The van der Waals surface area contributed by atoms with Crippen LogP contribution in [0.15, 0.2) is 18.2 Å². The highest BCUT2D eigenvalue weighted by Crippen LogP contribution is 2.65. The molecule has 124 valence electrons. The highest BCUT2D eigenvalue weighted by Gasteiger charge is 2.71. The van der Waals surface area contributed by atoms with E-state index in [-0.39, 0.29) is 11.4 Å². The van der Waals surface area contributed by atoms with Gasteiger partial charge in [-0.2, -0.15) is 5.26 Å². The summed E-state index contributed by atoms with van der Waals surface area (Å²) in [7, 11) is 1.75. The molecule has 1 aromatic heterocycles. The number of alkyl halides is 1. The minimum absolute atomic E-state index is 0.121. The molecule has 4 nitrogen and oxygen atoms in total. The smallest absolute Gasteiger partial charge is 0.270 e. The van der Waals surface area contributed by atoms with Crippen molar-refractivity contribution in [2.45, 2.75) is 43.9 Å². The predicted octanol–water partition coefficient (Wildman–Crippen LogP) is 3.90. The molecule has 0 N–H and O–H groups in total. The number of fused-ring (bicyclic) bond motifs is 1. The lowest BCUT2D eigenvalue weighted by atomic mass is 9.47. The zero-order valence-corrected chi connectivity index (χ0v) is 14.3. The largest absolute Gasteiger partial charge is 0.336 e. The van der Waals surface area contributed by atoms with Gasteiger partial charge in [-0.3, -0.25) is 4.79 Å². The lowest BCUT2D eigenvalue weighted by Crippen LogP contribution is -2.76. The number of carbonyl (C=O) groups is 1. The Labute approximate surface area is 144 Å². The van der Waals surface area contributed by atoms with E-state index in [1.807, 2.05) is 11.5 Å². The van der Waals surface area contributed by atoms with Gasteiger partial charge in [0.15, 0.2) is 0 Å². The first-order valence-electron chi connectivity index (χ1n) is 8.03. The average Bonchev–Trinajstić information content (AvgIpc) is 2.89. The Morgan fingerprint density at radius 3 is 2.67 bits per heavy atom.